The van der Waals surface area contributed by atoms with Gasteiger partial charge in [-0.15, -0.1) is 0 Å². The summed E-state index contributed by atoms with van der Waals surface area (Å²) in [6.07, 6.45) is 1.40. The Morgan fingerprint density at radius 1 is 1.14 bits per heavy atom. The van der Waals surface area contributed by atoms with Crippen LogP contribution in [0.5, 0.6) is 5.75 Å². The minimum absolute atomic E-state index is 0.135. The minimum atomic E-state index is -0.869. The molecule has 0 fully saturated rings. The van der Waals surface area contributed by atoms with Crippen molar-refractivity contribution < 1.29 is 19.1 Å². The highest BCUT2D eigenvalue weighted by molar-refractivity contribution is 6.33. The van der Waals surface area contributed by atoms with Crippen LogP contribution in [0.3, 0.4) is 0 Å². The molecule has 0 spiro atoms. The molecule has 0 saturated heterocycles. The maximum atomic E-state index is 12.1. The number of amides is 1. The van der Waals surface area contributed by atoms with Crippen molar-refractivity contribution in [3.05, 3.63) is 70.4 Å². The lowest BCUT2D eigenvalue weighted by atomic mass is 10.1. The quantitative estimate of drug-likeness (QED) is 0.277. The average Bonchev–Trinajstić information content (AvgIpc) is 2.98. The zero-order valence-electron chi connectivity index (χ0n) is 16.1. The van der Waals surface area contributed by atoms with E-state index < -0.39 is 11.9 Å². The number of halogens is 1. The first kappa shape index (κ1) is 20.5. The van der Waals surface area contributed by atoms with Crippen LogP contribution in [0.15, 0.2) is 54.1 Å². The molecule has 7 heteroatoms. The van der Waals surface area contributed by atoms with Gasteiger partial charge in [-0.2, -0.15) is 0 Å². The largest absolute Gasteiger partial charge is 0.497 e. The highest BCUT2D eigenvalue weighted by Gasteiger charge is 2.21. The van der Waals surface area contributed by atoms with Crippen LogP contribution in [0.4, 0.5) is 0 Å². The van der Waals surface area contributed by atoms with Gasteiger partial charge in [0, 0.05) is 17.5 Å². The molecule has 0 aliphatic carbocycles. The summed E-state index contributed by atoms with van der Waals surface area (Å²) in [5, 5.41) is 1.19. The van der Waals surface area contributed by atoms with Crippen molar-refractivity contribution in [2.75, 3.05) is 13.7 Å². The molecule has 0 atom stereocenters. The molecule has 2 N–H and O–H groups in total. The monoisotopic (exact) mass is 412 g/mol. The number of nitrogens with zero attached hydrogens (tertiary/aromatic N) is 1. The first-order valence-corrected chi connectivity index (χ1v) is 9.42. The summed E-state index contributed by atoms with van der Waals surface area (Å²) in [7, 11) is 1.61. The second-order valence-corrected chi connectivity index (χ2v) is 6.66. The van der Waals surface area contributed by atoms with Crippen LogP contribution in [0.1, 0.15) is 18.1 Å². The summed E-state index contributed by atoms with van der Waals surface area (Å²) in [6, 6.07) is 15.2. The third kappa shape index (κ3) is 4.27. The van der Waals surface area contributed by atoms with Crippen LogP contribution in [-0.2, 0) is 20.9 Å². The molecule has 1 aromatic heterocycles. The predicted molar refractivity (Wildman–Crippen MR) is 113 cm³/mol. The Morgan fingerprint density at radius 3 is 2.45 bits per heavy atom. The normalized spacial score (nSPS) is 11.5. The van der Waals surface area contributed by atoms with Gasteiger partial charge in [0.25, 0.3) is 5.91 Å². The summed E-state index contributed by atoms with van der Waals surface area (Å²) in [6.45, 7) is 2.29. The Balaban J connectivity index is 2.11. The molecule has 29 heavy (non-hydrogen) atoms. The molecule has 2 aromatic carbocycles. The summed E-state index contributed by atoms with van der Waals surface area (Å²) in [5.41, 5.74) is 7.57. The fourth-order valence-electron chi connectivity index (χ4n) is 3.09. The Labute approximate surface area is 173 Å². The average molecular weight is 413 g/mol. The molecule has 3 rings (SSSR count). The first-order valence-electron chi connectivity index (χ1n) is 9.04. The summed E-state index contributed by atoms with van der Waals surface area (Å²) < 4.78 is 12.1. The van der Waals surface area contributed by atoms with Gasteiger partial charge in [0.2, 0.25) is 0 Å². The van der Waals surface area contributed by atoms with Crippen LogP contribution in [-0.4, -0.2) is 30.2 Å². The number of aromatic nitrogens is 1. The molecule has 0 bridgehead atoms. The third-order valence-corrected chi connectivity index (χ3v) is 4.90. The number of para-hydroxylation sites is 1. The zero-order valence-corrected chi connectivity index (χ0v) is 16.9. The van der Waals surface area contributed by atoms with E-state index in [1.54, 1.807) is 14.0 Å². The Hall–Kier alpha value is -3.25. The fraction of sp³-hybridized carbons (Fsp3) is 0.182. The van der Waals surface area contributed by atoms with Crippen molar-refractivity contribution in [1.29, 1.82) is 0 Å². The van der Waals surface area contributed by atoms with E-state index in [-0.39, 0.29) is 12.2 Å². The number of rotatable bonds is 7. The molecule has 0 unspecified atom stereocenters. The predicted octanol–water partition coefficient (Wildman–Crippen LogP) is 3.78. The van der Waals surface area contributed by atoms with E-state index in [0.29, 0.717) is 17.3 Å². The Bertz CT molecular complexity index is 1080. The number of carbonyl (C=O) groups excluding carboxylic acids is 2. The molecular formula is C22H21ClN2O4. The molecule has 6 nitrogen and oxygen atoms in total. The second-order valence-electron chi connectivity index (χ2n) is 6.30. The number of nitrogens with two attached hydrogens (primary N) is 1. The van der Waals surface area contributed by atoms with Gasteiger partial charge in [-0.1, -0.05) is 41.9 Å². The van der Waals surface area contributed by atoms with E-state index in [1.807, 2.05) is 53.1 Å². The lowest BCUT2D eigenvalue weighted by Gasteiger charge is -2.08. The van der Waals surface area contributed by atoms with Crippen molar-refractivity contribution in [2.45, 2.75) is 13.5 Å². The Morgan fingerprint density at radius 2 is 1.83 bits per heavy atom. The zero-order chi connectivity index (χ0) is 21.0. The van der Waals surface area contributed by atoms with Gasteiger partial charge < -0.3 is 19.8 Å². The van der Waals surface area contributed by atoms with Gasteiger partial charge >= 0.3 is 5.97 Å². The number of methoxy groups -OCH3 is 1. The maximum Gasteiger partial charge on any atom is 0.343 e. The summed E-state index contributed by atoms with van der Waals surface area (Å²) in [5.74, 6) is -0.879. The Kier molecular flexibility index (Phi) is 6.24. The number of hydrogen-bond acceptors (Lipinski definition) is 4. The number of primary amides is 1. The van der Waals surface area contributed by atoms with Gasteiger partial charge in [-0.25, -0.2) is 4.79 Å². The lowest BCUT2D eigenvalue weighted by molar-refractivity contribution is -0.139. The number of esters is 1. The van der Waals surface area contributed by atoms with Gasteiger partial charge in [-0.3, -0.25) is 4.79 Å². The topological polar surface area (TPSA) is 83.6 Å². The van der Waals surface area contributed by atoms with E-state index >= 15 is 0 Å². The number of hydrogen-bond donors (Lipinski definition) is 1. The van der Waals surface area contributed by atoms with Crippen LogP contribution in [0.25, 0.3) is 17.0 Å². The van der Waals surface area contributed by atoms with E-state index in [9.17, 15) is 9.59 Å². The van der Waals surface area contributed by atoms with Gasteiger partial charge in [0.15, 0.2) is 0 Å². The van der Waals surface area contributed by atoms with E-state index in [1.165, 1.54) is 6.08 Å². The molecule has 0 aliphatic rings. The fourth-order valence-corrected chi connectivity index (χ4v) is 3.40. The number of carbonyl (C=O) groups is 2. The molecule has 0 aliphatic heterocycles. The molecular weight excluding hydrogens is 392 g/mol. The second kappa shape index (κ2) is 8.84. The number of benzene rings is 2. The summed E-state index contributed by atoms with van der Waals surface area (Å²) >= 11 is 6.68. The van der Waals surface area contributed by atoms with E-state index in [4.69, 9.17) is 26.8 Å². The van der Waals surface area contributed by atoms with Gasteiger partial charge in [0.1, 0.15) is 16.5 Å². The van der Waals surface area contributed by atoms with Crippen LogP contribution in [0, 0.1) is 0 Å². The van der Waals surface area contributed by atoms with Crippen molar-refractivity contribution in [3.8, 4) is 5.75 Å². The highest BCUT2D eigenvalue weighted by atomic mass is 35.5. The van der Waals surface area contributed by atoms with Crippen LogP contribution in [0.2, 0.25) is 5.15 Å². The standard InChI is InChI=1S/C22H21ClN2O4/c1-3-29-22(27)18(21(24)26)12-17-16-6-4-5-7-19(16)25(20(17)23)13-14-8-10-15(28-2)11-9-14/h4-12H,3,13H2,1-2H3,(H2,24,26)/b18-12-. The van der Waals surface area contributed by atoms with E-state index in [2.05, 4.69) is 0 Å². The summed E-state index contributed by atoms with van der Waals surface area (Å²) in [4.78, 5) is 24.0. The number of ether oxygens (including phenoxy) is 2. The number of fused-ring (bicyclic) bond motifs is 1. The first-order chi connectivity index (χ1) is 14.0. The van der Waals surface area contributed by atoms with Crippen LogP contribution >= 0.6 is 11.6 Å². The van der Waals surface area contributed by atoms with Crippen molar-refractivity contribution in [3.63, 3.8) is 0 Å². The third-order valence-electron chi connectivity index (χ3n) is 4.49. The van der Waals surface area contributed by atoms with Gasteiger partial charge in [-0.05, 0) is 36.8 Å². The lowest BCUT2D eigenvalue weighted by Crippen LogP contribution is -2.22. The van der Waals surface area contributed by atoms with Crippen molar-refractivity contribution >= 4 is 40.5 Å². The minimum Gasteiger partial charge on any atom is -0.497 e. The molecule has 1 heterocycles. The molecule has 0 radical (unpaired) electrons. The molecule has 1 amide bonds. The molecule has 150 valence electrons. The SMILES string of the molecule is CCOC(=O)/C(=C\c1c(Cl)n(Cc2ccc(OC)cc2)c2ccccc12)C(N)=O. The van der Waals surface area contributed by atoms with Gasteiger partial charge in [0.05, 0.1) is 19.2 Å². The smallest absolute Gasteiger partial charge is 0.343 e. The van der Waals surface area contributed by atoms with Crippen molar-refractivity contribution in [2.24, 2.45) is 5.73 Å². The molecule has 0 saturated carbocycles. The maximum absolute atomic E-state index is 12.1. The highest BCUT2D eigenvalue weighted by Crippen LogP contribution is 2.33. The van der Waals surface area contributed by atoms with E-state index in [0.717, 1.165) is 22.2 Å². The molecule has 3 aromatic rings. The van der Waals surface area contributed by atoms with Crippen molar-refractivity contribution in [1.82, 2.24) is 4.57 Å². The van der Waals surface area contributed by atoms with Crippen LogP contribution < -0.4 is 10.5 Å².